The largest absolute Gasteiger partial charge is 0.416 e. The van der Waals surface area contributed by atoms with Gasteiger partial charge in [-0.3, -0.25) is 14.4 Å². The summed E-state index contributed by atoms with van der Waals surface area (Å²) in [6, 6.07) is 8.90. The minimum absolute atomic E-state index is 0.0369. The third-order valence-electron chi connectivity index (χ3n) is 4.70. The molecule has 1 atom stereocenters. The lowest BCUT2D eigenvalue weighted by atomic mass is 9.89. The molecule has 3 N–H and O–H groups in total. The Morgan fingerprint density at radius 1 is 0.967 bits per heavy atom. The highest BCUT2D eigenvalue weighted by atomic mass is 19.4. The van der Waals surface area contributed by atoms with Crippen molar-refractivity contribution in [1.29, 1.82) is 0 Å². The molecule has 2 rings (SSSR count). The molecule has 0 bridgehead atoms. The smallest absolute Gasteiger partial charge is 0.355 e. The van der Waals surface area contributed by atoms with E-state index in [9.17, 15) is 27.6 Å². The van der Waals surface area contributed by atoms with E-state index in [-0.39, 0.29) is 11.5 Å². The molecule has 6 nitrogen and oxygen atoms in total. The molecule has 160 valence electrons. The topological polar surface area (TPSA) is 87.3 Å². The third kappa shape index (κ3) is 4.79. The summed E-state index contributed by atoms with van der Waals surface area (Å²) in [5.41, 5.74) is -1.67. The number of anilines is 1. The van der Waals surface area contributed by atoms with Crippen molar-refractivity contribution in [3.63, 3.8) is 0 Å². The van der Waals surface area contributed by atoms with Gasteiger partial charge in [0.15, 0.2) is 0 Å². The maximum atomic E-state index is 13.1. The van der Waals surface area contributed by atoms with Crippen molar-refractivity contribution < 1.29 is 27.6 Å². The molecule has 30 heavy (non-hydrogen) atoms. The van der Waals surface area contributed by atoms with Gasteiger partial charge in [0.2, 0.25) is 5.91 Å². The van der Waals surface area contributed by atoms with Crippen LogP contribution in [-0.2, 0) is 21.3 Å². The van der Waals surface area contributed by atoms with E-state index in [1.54, 1.807) is 25.1 Å². The molecular weight excluding hydrogens is 399 g/mol. The fourth-order valence-corrected chi connectivity index (χ4v) is 3.02. The average molecular weight is 421 g/mol. The SMILES string of the molecule is CNC(=O)c1cccc(NC(=O)C(C)(NC(C)=O)c2cccc(C(F)(F)F)c2)c1C. The van der Waals surface area contributed by atoms with Crippen molar-refractivity contribution in [3.05, 3.63) is 64.7 Å². The summed E-state index contributed by atoms with van der Waals surface area (Å²) in [7, 11) is 1.47. The maximum absolute atomic E-state index is 13.1. The molecule has 0 aliphatic carbocycles. The minimum Gasteiger partial charge on any atom is -0.355 e. The van der Waals surface area contributed by atoms with Gasteiger partial charge in [0.25, 0.3) is 11.8 Å². The van der Waals surface area contributed by atoms with Crippen LogP contribution in [0.5, 0.6) is 0 Å². The number of carbonyl (C=O) groups is 3. The maximum Gasteiger partial charge on any atom is 0.416 e. The molecule has 0 radical (unpaired) electrons. The molecular formula is C21H22F3N3O3. The third-order valence-corrected chi connectivity index (χ3v) is 4.70. The predicted molar refractivity (Wildman–Crippen MR) is 106 cm³/mol. The van der Waals surface area contributed by atoms with Crippen molar-refractivity contribution >= 4 is 23.4 Å². The standard InChI is InChI=1S/C21H22F3N3O3/c1-12-16(18(29)25-4)9-6-10-17(12)26-19(30)20(3,27-13(2)28)14-7-5-8-15(11-14)21(22,23)24/h5-11H,1-4H3,(H,25,29)(H,26,30)(H,27,28). The van der Waals surface area contributed by atoms with E-state index in [1.807, 2.05) is 0 Å². The molecule has 0 saturated carbocycles. The van der Waals surface area contributed by atoms with Gasteiger partial charge in [0, 0.05) is 25.2 Å². The molecule has 0 fully saturated rings. The Morgan fingerprint density at radius 3 is 2.13 bits per heavy atom. The van der Waals surface area contributed by atoms with E-state index in [0.717, 1.165) is 19.1 Å². The van der Waals surface area contributed by atoms with E-state index in [2.05, 4.69) is 16.0 Å². The highest BCUT2D eigenvalue weighted by Gasteiger charge is 2.39. The second-order valence-corrected chi connectivity index (χ2v) is 6.90. The zero-order chi connectivity index (χ0) is 22.7. The normalized spacial score (nSPS) is 13.2. The second-order valence-electron chi connectivity index (χ2n) is 6.90. The number of benzene rings is 2. The summed E-state index contributed by atoms with van der Waals surface area (Å²) in [6.07, 6.45) is -4.61. The number of rotatable bonds is 5. The van der Waals surface area contributed by atoms with Crippen molar-refractivity contribution in [2.45, 2.75) is 32.5 Å². The molecule has 0 aliphatic rings. The van der Waals surface area contributed by atoms with Gasteiger partial charge in [-0.15, -0.1) is 0 Å². The molecule has 0 heterocycles. The van der Waals surface area contributed by atoms with Crippen LogP contribution in [0.2, 0.25) is 0 Å². The first-order chi connectivity index (χ1) is 13.9. The number of nitrogens with one attached hydrogen (secondary N) is 3. The lowest BCUT2D eigenvalue weighted by Crippen LogP contribution is -2.51. The Balaban J connectivity index is 2.49. The summed E-state index contributed by atoms with van der Waals surface area (Å²) in [5.74, 6) is -1.71. The Morgan fingerprint density at radius 2 is 1.57 bits per heavy atom. The molecule has 3 amide bonds. The monoisotopic (exact) mass is 421 g/mol. The van der Waals surface area contributed by atoms with Crippen molar-refractivity contribution in [1.82, 2.24) is 10.6 Å². The number of alkyl halides is 3. The quantitative estimate of drug-likeness (QED) is 0.692. The van der Waals surface area contributed by atoms with Crippen LogP contribution in [0, 0.1) is 6.92 Å². The Kier molecular flexibility index (Phi) is 6.54. The number of amides is 3. The van der Waals surface area contributed by atoms with Crippen LogP contribution in [0.25, 0.3) is 0 Å². The predicted octanol–water partition coefficient (Wildman–Crippen LogP) is 3.36. The first kappa shape index (κ1) is 22.9. The molecule has 1 unspecified atom stereocenters. The van der Waals surface area contributed by atoms with Gasteiger partial charge in [-0.2, -0.15) is 13.2 Å². The molecule has 0 spiro atoms. The van der Waals surface area contributed by atoms with E-state index in [1.165, 1.54) is 26.1 Å². The molecule has 0 aliphatic heterocycles. The van der Waals surface area contributed by atoms with E-state index < -0.39 is 29.1 Å². The first-order valence-electron chi connectivity index (χ1n) is 8.99. The lowest BCUT2D eigenvalue weighted by Gasteiger charge is -2.30. The Hall–Kier alpha value is -3.36. The molecule has 0 saturated heterocycles. The van der Waals surface area contributed by atoms with Crippen molar-refractivity contribution in [3.8, 4) is 0 Å². The van der Waals surface area contributed by atoms with Gasteiger partial charge in [-0.1, -0.05) is 18.2 Å². The molecule has 9 heteroatoms. The number of hydrogen-bond donors (Lipinski definition) is 3. The molecule has 0 aromatic heterocycles. The number of halogens is 3. The highest BCUT2D eigenvalue weighted by molar-refractivity contribution is 6.03. The zero-order valence-corrected chi connectivity index (χ0v) is 16.9. The number of hydrogen-bond acceptors (Lipinski definition) is 3. The lowest BCUT2D eigenvalue weighted by molar-refractivity contribution is -0.137. The fraction of sp³-hybridized carbons (Fsp3) is 0.286. The van der Waals surface area contributed by atoms with Crippen LogP contribution in [0.4, 0.5) is 18.9 Å². The highest BCUT2D eigenvalue weighted by Crippen LogP contribution is 2.33. The fourth-order valence-electron chi connectivity index (χ4n) is 3.02. The average Bonchev–Trinajstić information content (AvgIpc) is 2.67. The van der Waals surface area contributed by atoms with Crippen LogP contribution in [0.3, 0.4) is 0 Å². The van der Waals surface area contributed by atoms with Gasteiger partial charge >= 0.3 is 6.18 Å². The van der Waals surface area contributed by atoms with Gasteiger partial charge in [-0.25, -0.2) is 0 Å². The van der Waals surface area contributed by atoms with Crippen molar-refractivity contribution in [2.24, 2.45) is 0 Å². The van der Waals surface area contributed by atoms with E-state index in [4.69, 9.17) is 0 Å². The van der Waals surface area contributed by atoms with Gasteiger partial charge in [0.1, 0.15) is 5.54 Å². The van der Waals surface area contributed by atoms with E-state index >= 15 is 0 Å². The van der Waals surface area contributed by atoms with Gasteiger partial charge < -0.3 is 16.0 Å². The summed E-state index contributed by atoms with van der Waals surface area (Å²) in [4.78, 5) is 36.9. The summed E-state index contributed by atoms with van der Waals surface area (Å²) in [6.45, 7) is 4.11. The first-order valence-corrected chi connectivity index (χ1v) is 8.99. The molecule has 2 aromatic carbocycles. The van der Waals surface area contributed by atoms with Crippen LogP contribution in [0.1, 0.15) is 40.9 Å². The minimum atomic E-state index is -4.61. The van der Waals surface area contributed by atoms with Gasteiger partial charge in [-0.05, 0) is 49.2 Å². The van der Waals surface area contributed by atoms with Crippen molar-refractivity contribution in [2.75, 3.05) is 12.4 Å². The molecule has 2 aromatic rings. The Labute approximate surface area is 171 Å². The number of carbonyl (C=O) groups excluding carboxylic acids is 3. The second kappa shape index (κ2) is 8.56. The Bertz CT molecular complexity index is 989. The van der Waals surface area contributed by atoms with E-state index in [0.29, 0.717) is 16.8 Å². The zero-order valence-electron chi connectivity index (χ0n) is 16.9. The summed E-state index contributed by atoms with van der Waals surface area (Å²) in [5, 5.41) is 7.55. The van der Waals surface area contributed by atoms with Gasteiger partial charge in [0.05, 0.1) is 5.56 Å². The van der Waals surface area contributed by atoms with Crippen LogP contribution >= 0.6 is 0 Å². The van der Waals surface area contributed by atoms with Crippen LogP contribution in [-0.4, -0.2) is 24.8 Å². The van der Waals surface area contributed by atoms with Crippen LogP contribution in [0.15, 0.2) is 42.5 Å². The van der Waals surface area contributed by atoms with Crippen LogP contribution < -0.4 is 16.0 Å². The summed E-state index contributed by atoms with van der Waals surface area (Å²) < 4.78 is 39.4. The summed E-state index contributed by atoms with van der Waals surface area (Å²) >= 11 is 0.